The molecule has 0 aromatic heterocycles. The van der Waals surface area contributed by atoms with Crippen molar-refractivity contribution in [2.45, 2.75) is 12.8 Å². The first-order valence-corrected chi connectivity index (χ1v) is 12.5. The summed E-state index contributed by atoms with van der Waals surface area (Å²) in [6.07, 6.45) is 1.59. The minimum Gasteiger partial charge on any atom is -0.378 e. The summed E-state index contributed by atoms with van der Waals surface area (Å²) in [5.41, 5.74) is 2.08. The van der Waals surface area contributed by atoms with Crippen LogP contribution in [-0.4, -0.2) is 53.4 Å². The number of carbonyl (C=O) groups is 1. The SMILES string of the molecule is CS(=O)(=O)N(CCCC(=O)Nc1ccc(N2CCOCC2)cc1)c1cc(Cl)ccc1Cl. The Morgan fingerprint density at radius 2 is 1.81 bits per heavy atom. The Balaban J connectivity index is 1.55. The zero-order chi connectivity index (χ0) is 22.4. The number of ether oxygens (including phenoxy) is 1. The molecule has 0 saturated carbocycles. The molecule has 2 aromatic rings. The summed E-state index contributed by atoms with van der Waals surface area (Å²) in [6.45, 7) is 3.23. The van der Waals surface area contributed by atoms with Crippen molar-refractivity contribution in [1.29, 1.82) is 0 Å². The standard InChI is InChI=1S/C21H25Cl2N3O4S/c1-31(28,29)26(20-15-16(22)4-9-19(20)23)10-2-3-21(27)24-17-5-7-18(8-6-17)25-11-13-30-14-12-25/h4-9,15H,2-3,10-14H2,1H3,(H,24,27). The Kier molecular flexibility index (Phi) is 8.05. The summed E-state index contributed by atoms with van der Waals surface area (Å²) in [4.78, 5) is 14.6. The first-order valence-electron chi connectivity index (χ1n) is 9.89. The van der Waals surface area contributed by atoms with E-state index in [9.17, 15) is 13.2 Å². The summed E-state index contributed by atoms with van der Waals surface area (Å²) in [5.74, 6) is -0.190. The van der Waals surface area contributed by atoms with E-state index in [1.54, 1.807) is 12.1 Å². The smallest absolute Gasteiger partial charge is 0.232 e. The van der Waals surface area contributed by atoms with E-state index in [1.807, 2.05) is 24.3 Å². The number of halogens is 2. The molecule has 0 spiro atoms. The highest BCUT2D eigenvalue weighted by molar-refractivity contribution is 7.92. The zero-order valence-electron chi connectivity index (χ0n) is 17.2. The van der Waals surface area contributed by atoms with Crippen molar-refractivity contribution >= 4 is 56.2 Å². The average Bonchev–Trinajstić information content (AvgIpc) is 2.73. The molecule has 1 N–H and O–H groups in total. The Bertz CT molecular complexity index is 1010. The van der Waals surface area contributed by atoms with Crippen molar-refractivity contribution in [3.63, 3.8) is 0 Å². The number of benzene rings is 2. The van der Waals surface area contributed by atoms with Gasteiger partial charge in [0.05, 0.1) is 30.2 Å². The third-order valence-electron chi connectivity index (χ3n) is 4.87. The van der Waals surface area contributed by atoms with Gasteiger partial charge in [-0.3, -0.25) is 9.10 Å². The summed E-state index contributed by atoms with van der Waals surface area (Å²) in [6, 6.07) is 12.3. The lowest BCUT2D eigenvalue weighted by Gasteiger charge is -2.28. The fourth-order valence-electron chi connectivity index (χ4n) is 3.33. The van der Waals surface area contributed by atoms with E-state index in [4.69, 9.17) is 27.9 Å². The van der Waals surface area contributed by atoms with Crippen LogP contribution in [0.25, 0.3) is 0 Å². The minimum absolute atomic E-state index is 0.113. The van der Waals surface area contributed by atoms with E-state index < -0.39 is 10.0 Å². The molecule has 168 valence electrons. The first kappa shape index (κ1) is 23.7. The van der Waals surface area contributed by atoms with Crippen molar-refractivity contribution in [2.24, 2.45) is 0 Å². The quantitative estimate of drug-likeness (QED) is 0.610. The molecule has 10 heteroatoms. The third-order valence-corrected chi connectivity index (χ3v) is 6.60. The normalized spacial score (nSPS) is 14.4. The van der Waals surface area contributed by atoms with Gasteiger partial charge in [0, 0.05) is 42.5 Å². The van der Waals surface area contributed by atoms with Gasteiger partial charge in [0.15, 0.2) is 0 Å². The number of hydrogen-bond donors (Lipinski definition) is 1. The van der Waals surface area contributed by atoms with Crippen LogP contribution in [0.5, 0.6) is 0 Å². The molecule has 1 aliphatic rings. The fraction of sp³-hybridized carbons (Fsp3) is 0.381. The lowest BCUT2D eigenvalue weighted by Crippen LogP contribution is -2.36. The van der Waals surface area contributed by atoms with Crippen molar-refractivity contribution < 1.29 is 17.9 Å². The monoisotopic (exact) mass is 485 g/mol. The van der Waals surface area contributed by atoms with Gasteiger partial charge in [0.25, 0.3) is 0 Å². The molecule has 0 aliphatic carbocycles. The number of morpholine rings is 1. The van der Waals surface area contributed by atoms with E-state index in [0.717, 1.165) is 25.0 Å². The maximum Gasteiger partial charge on any atom is 0.232 e. The van der Waals surface area contributed by atoms with Crippen LogP contribution in [-0.2, 0) is 19.6 Å². The summed E-state index contributed by atoms with van der Waals surface area (Å²) < 4.78 is 31.0. The molecular formula is C21H25Cl2N3O4S. The van der Waals surface area contributed by atoms with Gasteiger partial charge in [0.1, 0.15) is 0 Å². The average molecular weight is 486 g/mol. The van der Waals surface area contributed by atoms with Gasteiger partial charge in [-0.05, 0) is 48.9 Å². The fourth-order valence-corrected chi connectivity index (χ4v) is 4.73. The number of nitrogens with zero attached hydrogens (tertiary/aromatic N) is 2. The van der Waals surface area contributed by atoms with Gasteiger partial charge < -0.3 is 15.0 Å². The van der Waals surface area contributed by atoms with Gasteiger partial charge in [-0.1, -0.05) is 23.2 Å². The molecule has 1 saturated heterocycles. The van der Waals surface area contributed by atoms with Crippen LogP contribution in [0.3, 0.4) is 0 Å². The molecule has 3 rings (SSSR count). The summed E-state index contributed by atoms with van der Waals surface area (Å²) in [7, 11) is -3.58. The predicted octanol–water partition coefficient (Wildman–Crippen LogP) is 4.01. The van der Waals surface area contributed by atoms with Crippen molar-refractivity contribution in [1.82, 2.24) is 0 Å². The highest BCUT2D eigenvalue weighted by atomic mass is 35.5. The Morgan fingerprint density at radius 1 is 1.13 bits per heavy atom. The topological polar surface area (TPSA) is 79.0 Å². The largest absolute Gasteiger partial charge is 0.378 e. The predicted molar refractivity (Wildman–Crippen MR) is 126 cm³/mol. The lowest BCUT2D eigenvalue weighted by molar-refractivity contribution is -0.116. The van der Waals surface area contributed by atoms with Crippen LogP contribution in [0, 0.1) is 0 Å². The second-order valence-electron chi connectivity index (χ2n) is 7.23. The van der Waals surface area contributed by atoms with Crippen molar-refractivity contribution in [2.75, 3.05) is 53.6 Å². The van der Waals surface area contributed by atoms with Gasteiger partial charge in [-0.15, -0.1) is 0 Å². The number of sulfonamides is 1. The second kappa shape index (κ2) is 10.5. The number of amides is 1. The Morgan fingerprint density at radius 3 is 2.45 bits per heavy atom. The highest BCUT2D eigenvalue weighted by Gasteiger charge is 2.20. The van der Waals surface area contributed by atoms with Crippen LogP contribution in [0.4, 0.5) is 17.1 Å². The molecule has 1 amide bonds. The van der Waals surface area contributed by atoms with Gasteiger partial charge in [0.2, 0.25) is 15.9 Å². The van der Waals surface area contributed by atoms with Gasteiger partial charge >= 0.3 is 0 Å². The lowest BCUT2D eigenvalue weighted by atomic mass is 10.2. The van der Waals surface area contributed by atoms with Crippen LogP contribution < -0.4 is 14.5 Å². The number of carbonyl (C=O) groups excluding carboxylic acids is 1. The third kappa shape index (κ3) is 6.74. The maximum absolute atomic E-state index is 12.3. The minimum atomic E-state index is -3.58. The molecule has 7 nitrogen and oxygen atoms in total. The van der Waals surface area contributed by atoms with E-state index in [-0.39, 0.29) is 23.9 Å². The van der Waals surface area contributed by atoms with Crippen molar-refractivity contribution in [3.05, 3.63) is 52.5 Å². The number of nitrogens with one attached hydrogen (secondary N) is 1. The molecule has 2 aromatic carbocycles. The van der Waals surface area contributed by atoms with Gasteiger partial charge in [-0.2, -0.15) is 0 Å². The van der Waals surface area contributed by atoms with Crippen LogP contribution in [0.2, 0.25) is 10.0 Å². The summed E-state index contributed by atoms with van der Waals surface area (Å²) in [5, 5.41) is 3.51. The van der Waals surface area contributed by atoms with E-state index in [2.05, 4.69) is 10.2 Å². The van der Waals surface area contributed by atoms with Gasteiger partial charge in [-0.25, -0.2) is 8.42 Å². The van der Waals surface area contributed by atoms with Crippen LogP contribution in [0.15, 0.2) is 42.5 Å². The molecule has 1 aliphatic heterocycles. The second-order valence-corrected chi connectivity index (χ2v) is 9.98. The number of rotatable bonds is 8. The summed E-state index contributed by atoms with van der Waals surface area (Å²) >= 11 is 12.2. The molecule has 1 heterocycles. The molecule has 0 bridgehead atoms. The molecule has 31 heavy (non-hydrogen) atoms. The van der Waals surface area contributed by atoms with Crippen LogP contribution >= 0.6 is 23.2 Å². The van der Waals surface area contributed by atoms with Crippen molar-refractivity contribution in [3.8, 4) is 0 Å². The Labute approximate surface area is 192 Å². The molecule has 0 radical (unpaired) electrons. The first-order chi connectivity index (χ1) is 14.7. The maximum atomic E-state index is 12.3. The van der Waals surface area contributed by atoms with E-state index in [0.29, 0.717) is 36.0 Å². The molecule has 1 fully saturated rings. The number of anilines is 3. The van der Waals surface area contributed by atoms with E-state index in [1.165, 1.54) is 10.4 Å². The Hall–Kier alpha value is -2.00. The number of hydrogen-bond acceptors (Lipinski definition) is 5. The molecule has 0 unspecified atom stereocenters. The zero-order valence-corrected chi connectivity index (χ0v) is 19.5. The van der Waals surface area contributed by atoms with Crippen LogP contribution in [0.1, 0.15) is 12.8 Å². The molecular weight excluding hydrogens is 461 g/mol. The molecule has 0 atom stereocenters. The van der Waals surface area contributed by atoms with E-state index >= 15 is 0 Å². The highest BCUT2D eigenvalue weighted by Crippen LogP contribution is 2.31.